The highest BCUT2D eigenvalue weighted by molar-refractivity contribution is 5.99. The van der Waals surface area contributed by atoms with Crippen LogP contribution in [0.15, 0.2) is 9.68 Å². The first-order chi connectivity index (χ1) is 7.81. The van der Waals surface area contributed by atoms with Crippen LogP contribution in [0.2, 0.25) is 0 Å². The molecule has 2 unspecified atom stereocenters. The number of aromatic nitrogens is 1. The van der Waals surface area contributed by atoms with Gasteiger partial charge in [0.1, 0.15) is 12.4 Å². The summed E-state index contributed by atoms with van der Waals surface area (Å²) in [5.41, 5.74) is 3.76. The van der Waals surface area contributed by atoms with Crippen LogP contribution in [0.5, 0.6) is 0 Å². The third-order valence-corrected chi connectivity index (χ3v) is 4.47. The average molecular weight is 218 g/mol. The van der Waals surface area contributed by atoms with Crippen LogP contribution < -0.4 is 0 Å². The van der Waals surface area contributed by atoms with Crippen molar-refractivity contribution in [1.82, 2.24) is 5.16 Å². The van der Waals surface area contributed by atoms with Gasteiger partial charge in [0.15, 0.2) is 0 Å². The van der Waals surface area contributed by atoms with Crippen LogP contribution in [-0.4, -0.2) is 17.5 Å². The molecule has 1 aromatic rings. The number of oxime groups is 1. The van der Waals surface area contributed by atoms with Crippen molar-refractivity contribution in [3.05, 3.63) is 17.0 Å². The molecule has 2 aliphatic carbocycles. The Morgan fingerprint density at radius 1 is 1.38 bits per heavy atom. The van der Waals surface area contributed by atoms with Crippen molar-refractivity contribution in [2.75, 3.05) is 6.61 Å². The van der Waals surface area contributed by atoms with Crippen molar-refractivity contribution >= 4 is 5.71 Å². The molecule has 1 aliphatic heterocycles. The predicted molar refractivity (Wildman–Crippen MR) is 57.4 cm³/mol. The zero-order valence-corrected chi connectivity index (χ0v) is 9.32. The van der Waals surface area contributed by atoms with Crippen LogP contribution in [0.4, 0.5) is 0 Å². The van der Waals surface area contributed by atoms with Gasteiger partial charge in [-0.1, -0.05) is 10.3 Å². The van der Waals surface area contributed by atoms with E-state index in [1.165, 1.54) is 24.1 Å². The lowest BCUT2D eigenvalue weighted by atomic mass is 9.81. The summed E-state index contributed by atoms with van der Waals surface area (Å²) in [6, 6.07) is 0. The lowest BCUT2D eigenvalue weighted by Crippen LogP contribution is -2.30. The van der Waals surface area contributed by atoms with Crippen molar-refractivity contribution in [2.24, 2.45) is 11.1 Å². The molecule has 16 heavy (non-hydrogen) atoms. The van der Waals surface area contributed by atoms with Gasteiger partial charge in [0, 0.05) is 11.5 Å². The van der Waals surface area contributed by atoms with Crippen molar-refractivity contribution < 1.29 is 9.36 Å². The van der Waals surface area contributed by atoms with Crippen molar-refractivity contribution in [1.29, 1.82) is 0 Å². The highest BCUT2D eigenvalue weighted by Crippen LogP contribution is 2.51. The highest BCUT2D eigenvalue weighted by Gasteiger charge is 2.54. The van der Waals surface area contributed by atoms with Gasteiger partial charge in [0.05, 0.1) is 16.8 Å². The summed E-state index contributed by atoms with van der Waals surface area (Å²) in [6.07, 6.45) is 4.57. The molecule has 2 heterocycles. The van der Waals surface area contributed by atoms with Crippen molar-refractivity contribution in [3.63, 3.8) is 0 Å². The lowest BCUT2D eigenvalue weighted by molar-refractivity contribution is 0.150. The number of hydrogen-bond donors (Lipinski definition) is 0. The molecule has 1 aromatic heterocycles. The van der Waals surface area contributed by atoms with Gasteiger partial charge in [-0.3, -0.25) is 0 Å². The minimum atomic E-state index is 0.0637. The molecule has 0 radical (unpaired) electrons. The normalized spacial score (nSPS) is 35.1. The first-order valence-electron chi connectivity index (χ1n) is 5.97. The number of hydrogen-bond acceptors (Lipinski definition) is 4. The number of nitrogens with zero attached hydrogens (tertiary/aromatic N) is 2. The molecular formula is C12H14N2O2. The summed E-state index contributed by atoms with van der Waals surface area (Å²) >= 11 is 0. The Kier molecular flexibility index (Phi) is 1.47. The topological polar surface area (TPSA) is 47.6 Å². The van der Waals surface area contributed by atoms with Gasteiger partial charge >= 0.3 is 0 Å². The molecule has 84 valence electrons. The van der Waals surface area contributed by atoms with E-state index >= 15 is 0 Å². The standard InChI is InChI=1S/C12H14N2O2/c1-7-9-3-5-12(11(9)14-16-7)4-2-8-6-15-13-10(8)12/h8H,2-6H2,1H3. The first-order valence-corrected chi connectivity index (χ1v) is 5.97. The molecular weight excluding hydrogens is 204 g/mol. The third-order valence-electron chi connectivity index (χ3n) is 4.47. The van der Waals surface area contributed by atoms with E-state index in [2.05, 4.69) is 10.3 Å². The molecule has 0 N–H and O–H groups in total. The van der Waals surface area contributed by atoms with Crippen molar-refractivity contribution in [3.8, 4) is 0 Å². The van der Waals surface area contributed by atoms with Crippen molar-refractivity contribution in [2.45, 2.75) is 38.0 Å². The largest absolute Gasteiger partial charge is 0.395 e. The fourth-order valence-corrected chi connectivity index (χ4v) is 3.61. The summed E-state index contributed by atoms with van der Waals surface area (Å²) in [4.78, 5) is 5.25. The van der Waals surface area contributed by atoms with Crippen LogP contribution in [-0.2, 0) is 16.7 Å². The van der Waals surface area contributed by atoms with Crippen LogP contribution in [0.25, 0.3) is 0 Å². The Morgan fingerprint density at radius 3 is 3.25 bits per heavy atom. The summed E-state index contributed by atoms with van der Waals surface area (Å²) in [6.45, 7) is 2.77. The van der Waals surface area contributed by atoms with Crippen LogP contribution in [0.3, 0.4) is 0 Å². The Morgan fingerprint density at radius 2 is 2.31 bits per heavy atom. The van der Waals surface area contributed by atoms with Crippen LogP contribution in [0.1, 0.15) is 36.3 Å². The Bertz CT molecular complexity index is 491. The molecule has 1 fully saturated rings. The molecule has 1 saturated carbocycles. The maximum atomic E-state index is 5.33. The van der Waals surface area contributed by atoms with E-state index in [0.717, 1.165) is 30.9 Å². The SMILES string of the molecule is Cc1onc2c1CCC21CCC2CON=C21. The van der Waals surface area contributed by atoms with Gasteiger partial charge in [-0.05, 0) is 32.6 Å². The predicted octanol–water partition coefficient (Wildman–Crippen LogP) is 1.96. The first kappa shape index (κ1) is 8.79. The molecule has 4 nitrogen and oxygen atoms in total. The van der Waals surface area contributed by atoms with Gasteiger partial charge in [-0.25, -0.2) is 0 Å². The Labute approximate surface area is 93.6 Å². The number of aryl methyl sites for hydroxylation is 1. The van der Waals surface area contributed by atoms with E-state index in [4.69, 9.17) is 9.36 Å². The zero-order valence-electron chi connectivity index (χ0n) is 9.32. The number of rotatable bonds is 0. The van der Waals surface area contributed by atoms with E-state index in [0.29, 0.717) is 5.92 Å². The Balaban J connectivity index is 1.90. The molecule has 2 atom stereocenters. The van der Waals surface area contributed by atoms with Gasteiger partial charge in [-0.15, -0.1) is 0 Å². The highest BCUT2D eigenvalue weighted by atomic mass is 16.6. The summed E-state index contributed by atoms with van der Waals surface area (Å²) in [5, 5.41) is 8.56. The molecule has 0 amide bonds. The fraction of sp³-hybridized carbons (Fsp3) is 0.667. The van der Waals surface area contributed by atoms with E-state index in [9.17, 15) is 0 Å². The molecule has 0 aromatic carbocycles. The molecule has 3 aliphatic rings. The van der Waals surface area contributed by atoms with Gasteiger partial charge in [0.2, 0.25) is 0 Å². The minimum absolute atomic E-state index is 0.0637. The quantitative estimate of drug-likeness (QED) is 0.668. The lowest BCUT2D eigenvalue weighted by Gasteiger charge is -2.21. The average Bonchev–Trinajstić information content (AvgIpc) is 2.95. The molecule has 1 spiro atoms. The second-order valence-corrected chi connectivity index (χ2v) is 5.16. The summed E-state index contributed by atoms with van der Waals surface area (Å²) < 4.78 is 5.33. The third kappa shape index (κ3) is 0.829. The summed E-state index contributed by atoms with van der Waals surface area (Å²) in [7, 11) is 0. The second-order valence-electron chi connectivity index (χ2n) is 5.16. The fourth-order valence-electron chi connectivity index (χ4n) is 3.61. The maximum Gasteiger partial charge on any atom is 0.137 e. The van der Waals surface area contributed by atoms with E-state index in [1.807, 2.05) is 6.92 Å². The molecule has 0 bridgehead atoms. The minimum Gasteiger partial charge on any atom is -0.395 e. The molecule has 4 rings (SSSR count). The molecule has 4 heteroatoms. The monoisotopic (exact) mass is 218 g/mol. The van der Waals surface area contributed by atoms with Crippen LogP contribution >= 0.6 is 0 Å². The van der Waals surface area contributed by atoms with Crippen LogP contribution in [0, 0.1) is 12.8 Å². The summed E-state index contributed by atoms with van der Waals surface area (Å²) in [5.74, 6) is 1.51. The van der Waals surface area contributed by atoms with E-state index < -0.39 is 0 Å². The van der Waals surface area contributed by atoms with Gasteiger partial charge in [-0.2, -0.15) is 0 Å². The Hall–Kier alpha value is -1.32. The van der Waals surface area contributed by atoms with Gasteiger partial charge < -0.3 is 9.36 Å². The smallest absolute Gasteiger partial charge is 0.137 e. The number of fused-ring (bicyclic) bond motifs is 4. The zero-order chi connectivity index (χ0) is 10.8. The molecule has 0 saturated heterocycles. The van der Waals surface area contributed by atoms with Gasteiger partial charge in [0.25, 0.3) is 0 Å². The maximum absolute atomic E-state index is 5.33. The van der Waals surface area contributed by atoms with E-state index in [1.54, 1.807) is 0 Å². The second kappa shape index (κ2) is 2.67. The van der Waals surface area contributed by atoms with E-state index in [-0.39, 0.29) is 5.41 Å².